The Balaban J connectivity index is 1.62. The van der Waals surface area contributed by atoms with Gasteiger partial charge in [0, 0.05) is 25.2 Å². The molecular weight excluding hydrogens is 446 g/mol. The summed E-state index contributed by atoms with van der Waals surface area (Å²) < 4.78 is 37.8. The van der Waals surface area contributed by atoms with Crippen molar-refractivity contribution in [2.75, 3.05) is 25.5 Å². The number of hydrogen-bond acceptors (Lipinski definition) is 6. The number of urea groups is 1. The van der Waals surface area contributed by atoms with Gasteiger partial charge < -0.3 is 19.7 Å². The fraction of sp³-hybridized carbons (Fsp3) is 0.304. The highest BCUT2D eigenvalue weighted by molar-refractivity contribution is 7.89. The van der Waals surface area contributed by atoms with Crippen molar-refractivity contribution in [2.45, 2.75) is 30.2 Å². The van der Waals surface area contributed by atoms with E-state index >= 15 is 0 Å². The van der Waals surface area contributed by atoms with Crippen LogP contribution in [0.1, 0.15) is 19.3 Å². The molecule has 0 aromatic heterocycles. The van der Waals surface area contributed by atoms with E-state index in [1.165, 1.54) is 24.3 Å². The van der Waals surface area contributed by atoms with Gasteiger partial charge in [-0.2, -0.15) is 4.72 Å². The first kappa shape index (κ1) is 24.1. The van der Waals surface area contributed by atoms with Crippen LogP contribution in [0.2, 0.25) is 0 Å². The van der Waals surface area contributed by atoms with Crippen molar-refractivity contribution >= 4 is 27.7 Å². The van der Waals surface area contributed by atoms with E-state index in [0.29, 0.717) is 24.5 Å². The largest absolute Gasteiger partial charge is 0.468 e. The van der Waals surface area contributed by atoms with E-state index in [1.54, 1.807) is 29.2 Å². The van der Waals surface area contributed by atoms with Crippen LogP contribution in [0.3, 0.4) is 0 Å². The molecule has 2 aromatic rings. The number of carbonyl (C=O) groups excluding carboxylic acids is 2. The van der Waals surface area contributed by atoms with Crippen molar-refractivity contribution in [1.29, 1.82) is 0 Å². The molecule has 0 radical (unpaired) electrons. The summed E-state index contributed by atoms with van der Waals surface area (Å²) in [5.41, 5.74) is 0.472. The molecule has 1 saturated heterocycles. The van der Waals surface area contributed by atoms with E-state index in [2.05, 4.69) is 22.1 Å². The molecule has 2 aromatic carbocycles. The number of amides is 2. The normalized spacial score (nSPS) is 14.0. The summed E-state index contributed by atoms with van der Waals surface area (Å²) in [5, 5.41) is 2.74. The average molecular weight is 472 g/mol. The van der Waals surface area contributed by atoms with Crippen molar-refractivity contribution < 1.29 is 27.5 Å². The van der Waals surface area contributed by atoms with Gasteiger partial charge in [0.1, 0.15) is 17.9 Å². The Morgan fingerprint density at radius 1 is 1.06 bits per heavy atom. The van der Waals surface area contributed by atoms with Crippen molar-refractivity contribution in [3.05, 3.63) is 54.6 Å². The van der Waals surface area contributed by atoms with Gasteiger partial charge in [0.25, 0.3) is 0 Å². The highest BCUT2D eigenvalue weighted by Crippen LogP contribution is 2.17. The first-order valence-corrected chi connectivity index (χ1v) is 11.8. The van der Waals surface area contributed by atoms with Gasteiger partial charge >= 0.3 is 12.0 Å². The van der Waals surface area contributed by atoms with Gasteiger partial charge in [0.2, 0.25) is 10.0 Å². The molecule has 3 rings (SSSR count). The average Bonchev–Trinajstić information content (AvgIpc) is 3.37. The first-order chi connectivity index (χ1) is 15.9. The van der Waals surface area contributed by atoms with Crippen molar-refractivity contribution in [3.8, 4) is 17.8 Å². The maximum absolute atomic E-state index is 12.8. The van der Waals surface area contributed by atoms with Gasteiger partial charge in [0.15, 0.2) is 0 Å². The fourth-order valence-corrected chi connectivity index (χ4v) is 4.32. The number of likely N-dealkylation sites (tertiary alicyclic amines) is 1. The number of esters is 1. The predicted octanol–water partition coefficient (Wildman–Crippen LogP) is 2.56. The molecule has 2 amide bonds. The highest BCUT2D eigenvalue weighted by Gasteiger charge is 2.26. The van der Waals surface area contributed by atoms with Crippen LogP contribution in [-0.4, -0.2) is 51.6 Å². The molecular formula is C23H25N3O6S. The van der Waals surface area contributed by atoms with Crippen LogP contribution < -0.4 is 14.8 Å². The molecule has 174 valence electrons. The van der Waals surface area contributed by atoms with Crippen molar-refractivity contribution in [2.24, 2.45) is 0 Å². The number of nitrogens with zero attached hydrogens (tertiary/aromatic N) is 1. The van der Waals surface area contributed by atoms with Crippen LogP contribution in [-0.2, 0) is 19.6 Å². The first-order valence-electron chi connectivity index (χ1n) is 10.3. The Labute approximate surface area is 193 Å². The van der Waals surface area contributed by atoms with E-state index in [4.69, 9.17) is 9.47 Å². The summed E-state index contributed by atoms with van der Waals surface area (Å²) in [6, 6.07) is 13.1. The van der Waals surface area contributed by atoms with E-state index < -0.39 is 22.0 Å². The fourth-order valence-electron chi connectivity index (χ4n) is 3.14. The Morgan fingerprint density at radius 2 is 1.73 bits per heavy atom. The van der Waals surface area contributed by atoms with E-state index in [1.807, 2.05) is 6.07 Å². The molecule has 1 fully saturated rings. The lowest BCUT2D eigenvalue weighted by Gasteiger charge is -2.17. The Bertz CT molecular complexity index is 1120. The topological polar surface area (TPSA) is 114 Å². The molecule has 0 aliphatic carbocycles. The van der Waals surface area contributed by atoms with Crippen molar-refractivity contribution in [1.82, 2.24) is 9.62 Å². The number of benzene rings is 2. The van der Waals surface area contributed by atoms with E-state index in [9.17, 15) is 18.0 Å². The zero-order valence-electron chi connectivity index (χ0n) is 18.1. The van der Waals surface area contributed by atoms with Crippen LogP contribution in [0.4, 0.5) is 10.5 Å². The smallest absolute Gasteiger partial charge is 0.324 e. The summed E-state index contributed by atoms with van der Waals surface area (Å²) in [4.78, 5) is 25.9. The Hall–Kier alpha value is -3.55. The molecule has 2 N–H and O–H groups in total. The maximum Gasteiger partial charge on any atom is 0.324 e. The summed E-state index contributed by atoms with van der Waals surface area (Å²) in [6.07, 6.45) is 4.24. The van der Waals surface area contributed by atoms with Crippen LogP contribution >= 0.6 is 0 Å². The number of rotatable bonds is 7. The number of carbonyl (C=O) groups is 2. The SMILES string of the molecule is COC(=O)C(CC#COc1ccccc1)NS(=O)(=O)c1ccc(NC(=O)N2CCCC2)cc1. The molecule has 1 aliphatic heterocycles. The lowest BCUT2D eigenvalue weighted by atomic mass is 10.2. The van der Waals surface area contributed by atoms with E-state index in [0.717, 1.165) is 20.0 Å². The number of sulfonamides is 1. The molecule has 1 aliphatic rings. The molecule has 1 heterocycles. The Kier molecular flexibility index (Phi) is 8.29. The minimum absolute atomic E-state index is 0.0657. The lowest BCUT2D eigenvalue weighted by molar-refractivity contribution is -0.142. The Morgan fingerprint density at radius 3 is 2.36 bits per heavy atom. The zero-order chi connectivity index (χ0) is 23.7. The quantitative estimate of drug-likeness (QED) is 0.474. The van der Waals surface area contributed by atoms with Crippen LogP contribution in [0, 0.1) is 12.0 Å². The number of para-hydroxylation sites is 1. The summed E-state index contributed by atoms with van der Waals surface area (Å²) in [6.45, 7) is 1.41. The van der Waals surface area contributed by atoms with Gasteiger partial charge in [-0.15, -0.1) is 0 Å². The molecule has 10 heteroatoms. The lowest BCUT2D eigenvalue weighted by Crippen LogP contribution is -2.41. The molecule has 0 bridgehead atoms. The zero-order valence-corrected chi connectivity index (χ0v) is 18.9. The molecule has 0 spiro atoms. The standard InChI is InChI=1S/C23H25N3O6S/c1-31-22(27)21(10-7-17-32-19-8-3-2-4-9-19)25-33(29,30)20-13-11-18(12-14-20)24-23(28)26-15-5-6-16-26/h2-4,8-9,11-14,21,25H,5-6,10,15-16H2,1H3,(H,24,28). The summed E-state index contributed by atoms with van der Waals surface area (Å²) in [5.74, 6) is 2.38. The monoisotopic (exact) mass is 471 g/mol. The van der Waals surface area contributed by atoms with Gasteiger partial charge in [-0.25, -0.2) is 13.2 Å². The second-order valence-corrected chi connectivity index (χ2v) is 8.96. The minimum Gasteiger partial charge on any atom is -0.468 e. The number of anilines is 1. The molecule has 9 nitrogen and oxygen atoms in total. The van der Waals surface area contributed by atoms with Crippen molar-refractivity contribution in [3.63, 3.8) is 0 Å². The molecule has 1 atom stereocenters. The third-order valence-electron chi connectivity index (χ3n) is 4.88. The predicted molar refractivity (Wildman–Crippen MR) is 122 cm³/mol. The van der Waals surface area contributed by atoms with Crippen LogP contribution in [0.15, 0.2) is 59.5 Å². The van der Waals surface area contributed by atoms with Crippen LogP contribution in [0.5, 0.6) is 5.75 Å². The minimum atomic E-state index is -4.05. The highest BCUT2D eigenvalue weighted by atomic mass is 32.2. The van der Waals surface area contributed by atoms with E-state index in [-0.39, 0.29) is 17.3 Å². The number of methoxy groups -OCH3 is 1. The van der Waals surface area contributed by atoms with Gasteiger partial charge in [-0.1, -0.05) is 24.1 Å². The summed E-state index contributed by atoms with van der Waals surface area (Å²) in [7, 11) is -2.89. The van der Waals surface area contributed by atoms with Gasteiger partial charge in [0.05, 0.1) is 12.0 Å². The maximum atomic E-state index is 12.8. The number of ether oxygens (including phenoxy) is 2. The second kappa shape index (κ2) is 11.4. The molecule has 1 unspecified atom stereocenters. The number of hydrogen-bond donors (Lipinski definition) is 2. The third kappa shape index (κ3) is 6.97. The summed E-state index contributed by atoms with van der Waals surface area (Å²) >= 11 is 0. The molecule has 0 saturated carbocycles. The second-order valence-electron chi connectivity index (χ2n) is 7.24. The third-order valence-corrected chi connectivity index (χ3v) is 6.37. The van der Waals surface area contributed by atoms with Gasteiger partial charge in [-0.3, -0.25) is 4.79 Å². The molecule has 33 heavy (non-hydrogen) atoms. The van der Waals surface area contributed by atoms with Gasteiger partial charge in [-0.05, 0) is 49.2 Å². The number of nitrogens with one attached hydrogen (secondary N) is 2. The van der Waals surface area contributed by atoms with Crippen LogP contribution in [0.25, 0.3) is 0 Å².